The second-order valence-corrected chi connectivity index (χ2v) is 5.69. The number of hydrogen-bond acceptors (Lipinski definition) is 4. The molecule has 0 aliphatic rings. The molecule has 0 radical (unpaired) electrons. The fraction of sp³-hybridized carbons (Fsp3) is 0.0556. The lowest BCUT2D eigenvalue weighted by Crippen LogP contribution is -2.43. The molecule has 2 aromatic rings. The van der Waals surface area contributed by atoms with Crippen LogP contribution in [0, 0.1) is 0 Å². The molecule has 2 amide bonds. The van der Waals surface area contributed by atoms with Gasteiger partial charge in [0.2, 0.25) is 0 Å². The molecule has 0 bridgehead atoms. The number of hydrogen-bond donors (Lipinski definition) is 2. The number of halogens is 1. The van der Waals surface area contributed by atoms with E-state index >= 15 is 0 Å². The number of carbonyl (C=O) groups excluding carboxylic acids is 3. The van der Waals surface area contributed by atoms with Crippen molar-refractivity contribution in [3.63, 3.8) is 0 Å². The Kier molecular flexibility index (Phi) is 6.91. The first-order valence-corrected chi connectivity index (χ1v) is 8.09. The van der Waals surface area contributed by atoms with E-state index in [2.05, 4.69) is 26.8 Å². The van der Waals surface area contributed by atoms with Gasteiger partial charge < -0.3 is 4.74 Å². The molecule has 0 unspecified atom stereocenters. The molecule has 0 heterocycles. The van der Waals surface area contributed by atoms with Crippen LogP contribution >= 0.6 is 15.9 Å². The SMILES string of the molecule is O=C(COC(=O)/C=C/c1ccccc1Br)NNC(=O)c1ccccc1. The second-order valence-electron chi connectivity index (χ2n) is 4.83. The molecule has 6 nitrogen and oxygen atoms in total. The van der Waals surface area contributed by atoms with E-state index in [-0.39, 0.29) is 0 Å². The van der Waals surface area contributed by atoms with Gasteiger partial charge in [-0.15, -0.1) is 0 Å². The van der Waals surface area contributed by atoms with Crippen LogP contribution in [0.4, 0.5) is 0 Å². The van der Waals surface area contributed by atoms with Gasteiger partial charge in [0.05, 0.1) is 0 Å². The van der Waals surface area contributed by atoms with Gasteiger partial charge in [-0.1, -0.05) is 52.3 Å². The maximum absolute atomic E-state index is 11.7. The van der Waals surface area contributed by atoms with Crippen molar-refractivity contribution in [2.45, 2.75) is 0 Å². The summed E-state index contributed by atoms with van der Waals surface area (Å²) in [5.74, 6) is -1.78. The van der Waals surface area contributed by atoms with Crippen LogP contribution in [0.5, 0.6) is 0 Å². The van der Waals surface area contributed by atoms with Gasteiger partial charge in [-0.3, -0.25) is 20.4 Å². The molecule has 2 N–H and O–H groups in total. The summed E-state index contributed by atoms with van der Waals surface area (Å²) in [6.07, 6.45) is 2.79. The molecule has 0 atom stereocenters. The van der Waals surface area contributed by atoms with Gasteiger partial charge in [-0.25, -0.2) is 4.79 Å². The first-order chi connectivity index (χ1) is 12.1. The molecule has 2 aromatic carbocycles. The Morgan fingerprint density at radius 1 is 0.960 bits per heavy atom. The molecule has 128 valence electrons. The Labute approximate surface area is 153 Å². The summed E-state index contributed by atoms with van der Waals surface area (Å²) in [6, 6.07) is 15.7. The summed E-state index contributed by atoms with van der Waals surface area (Å²) in [7, 11) is 0. The number of amides is 2. The number of benzene rings is 2. The average molecular weight is 403 g/mol. The van der Waals surface area contributed by atoms with Crippen molar-refractivity contribution < 1.29 is 19.1 Å². The van der Waals surface area contributed by atoms with Crippen LogP contribution in [-0.4, -0.2) is 24.4 Å². The molecular weight excluding hydrogens is 388 g/mol. The van der Waals surface area contributed by atoms with E-state index in [9.17, 15) is 14.4 Å². The van der Waals surface area contributed by atoms with Gasteiger partial charge in [0, 0.05) is 16.1 Å². The van der Waals surface area contributed by atoms with Crippen LogP contribution in [-0.2, 0) is 14.3 Å². The minimum absolute atomic E-state index is 0.399. The Balaban J connectivity index is 1.73. The Morgan fingerprint density at radius 3 is 2.36 bits per heavy atom. The number of hydrazine groups is 1. The average Bonchev–Trinajstić information content (AvgIpc) is 2.64. The molecule has 0 aromatic heterocycles. The number of carbonyl (C=O) groups is 3. The number of nitrogens with one attached hydrogen (secondary N) is 2. The summed E-state index contributed by atoms with van der Waals surface area (Å²) in [4.78, 5) is 34.9. The van der Waals surface area contributed by atoms with Gasteiger partial charge in [-0.05, 0) is 29.8 Å². The number of ether oxygens (including phenoxy) is 1. The van der Waals surface area contributed by atoms with E-state index < -0.39 is 24.4 Å². The standard InChI is InChI=1S/C18H15BrN2O4/c19-15-9-5-4-6-13(15)10-11-17(23)25-12-16(22)20-21-18(24)14-7-2-1-3-8-14/h1-11H,12H2,(H,20,22)(H,21,24)/b11-10+. The topological polar surface area (TPSA) is 84.5 Å². The second kappa shape index (κ2) is 9.39. The molecule has 0 spiro atoms. The minimum Gasteiger partial charge on any atom is -0.452 e. The Bertz CT molecular complexity index is 791. The summed E-state index contributed by atoms with van der Waals surface area (Å²) in [5, 5.41) is 0. The van der Waals surface area contributed by atoms with Gasteiger partial charge in [0.15, 0.2) is 6.61 Å². The zero-order chi connectivity index (χ0) is 18.1. The maximum atomic E-state index is 11.7. The van der Waals surface area contributed by atoms with Gasteiger partial charge in [-0.2, -0.15) is 0 Å². The lowest BCUT2D eigenvalue weighted by Gasteiger charge is -2.07. The Hall–Kier alpha value is -2.93. The molecule has 0 fully saturated rings. The third-order valence-electron chi connectivity index (χ3n) is 3.00. The molecule has 0 aliphatic heterocycles. The molecule has 0 aliphatic carbocycles. The van der Waals surface area contributed by atoms with E-state index in [1.807, 2.05) is 24.3 Å². The molecule has 0 saturated carbocycles. The molecule has 7 heteroatoms. The normalized spacial score (nSPS) is 10.3. The zero-order valence-electron chi connectivity index (χ0n) is 13.1. The maximum Gasteiger partial charge on any atom is 0.331 e. The van der Waals surface area contributed by atoms with Crippen LogP contribution in [0.25, 0.3) is 6.08 Å². The van der Waals surface area contributed by atoms with Crippen molar-refractivity contribution in [2.75, 3.05) is 6.61 Å². The highest BCUT2D eigenvalue weighted by Crippen LogP contribution is 2.17. The van der Waals surface area contributed by atoms with Crippen LogP contribution < -0.4 is 10.9 Å². The molecule has 2 rings (SSSR count). The van der Waals surface area contributed by atoms with Crippen molar-refractivity contribution in [1.29, 1.82) is 0 Å². The summed E-state index contributed by atoms with van der Waals surface area (Å²) in [5.41, 5.74) is 5.61. The summed E-state index contributed by atoms with van der Waals surface area (Å²) < 4.78 is 5.63. The van der Waals surface area contributed by atoms with E-state index in [0.29, 0.717) is 5.56 Å². The highest BCUT2D eigenvalue weighted by Gasteiger charge is 2.08. The van der Waals surface area contributed by atoms with Crippen LogP contribution in [0.15, 0.2) is 65.1 Å². The van der Waals surface area contributed by atoms with Gasteiger partial charge in [0.1, 0.15) is 0 Å². The van der Waals surface area contributed by atoms with Crippen molar-refractivity contribution >= 4 is 39.8 Å². The van der Waals surface area contributed by atoms with Crippen molar-refractivity contribution in [3.8, 4) is 0 Å². The highest BCUT2D eigenvalue weighted by atomic mass is 79.9. The minimum atomic E-state index is -0.666. The largest absolute Gasteiger partial charge is 0.452 e. The first kappa shape index (κ1) is 18.4. The van der Waals surface area contributed by atoms with Crippen molar-refractivity contribution in [2.24, 2.45) is 0 Å². The predicted molar refractivity (Wildman–Crippen MR) is 96.2 cm³/mol. The van der Waals surface area contributed by atoms with Crippen LogP contribution in [0.1, 0.15) is 15.9 Å². The van der Waals surface area contributed by atoms with Crippen molar-refractivity contribution in [3.05, 3.63) is 76.3 Å². The third kappa shape index (κ3) is 6.23. The predicted octanol–water partition coefficient (Wildman–Crippen LogP) is 2.47. The first-order valence-electron chi connectivity index (χ1n) is 7.30. The smallest absolute Gasteiger partial charge is 0.331 e. The van der Waals surface area contributed by atoms with Crippen molar-refractivity contribution in [1.82, 2.24) is 10.9 Å². The third-order valence-corrected chi connectivity index (χ3v) is 3.72. The van der Waals surface area contributed by atoms with Crippen LogP contribution in [0.3, 0.4) is 0 Å². The molecule has 25 heavy (non-hydrogen) atoms. The Morgan fingerprint density at radius 2 is 1.64 bits per heavy atom. The fourth-order valence-electron chi connectivity index (χ4n) is 1.78. The fourth-order valence-corrected chi connectivity index (χ4v) is 2.19. The van der Waals surface area contributed by atoms with Crippen LogP contribution in [0.2, 0.25) is 0 Å². The molecular formula is C18H15BrN2O4. The van der Waals surface area contributed by atoms with E-state index in [0.717, 1.165) is 10.0 Å². The highest BCUT2D eigenvalue weighted by molar-refractivity contribution is 9.10. The monoisotopic (exact) mass is 402 g/mol. The quantitative estimate of drug-likeness (QED) is 0.457. The van der Waals surface area contributed by atoms with E-state index in [4.69, 9.17) is 4.74 Å². The summed E-state index contributed by atoms with van der Waals surface area (Å²) in [6.45, 7) is -0.506. The van der Waals surface area contributed by atoms with Gasteiger partial charge in [0.25, 0.3) is 11.8 Å². The molecule has 0 saturated heterocycles. The lowest BCUT2D eigenvalue weighted by molar-refractivity contribution is -0.144. The van der Waals surface area contributed by atoms with Gasteiger partial charge >= 0.3 is 5.97 Å². The number of esters is 1. The van der Waals surface area contributed by atoms with E-state index in [1.54, 1.807) is 36.4 Å². The zero-order valence-corrected chi connectivity index (χ0v) is 14.7. The summed E-state index contributed by atoms with van der Waals surface area (Å²) >= 11 is 3.35. The number of rotatable bonds is 5. The van der Waals surface area contributed by atoms with E-state index in [1.165, 1.54) is 6.08 Å². The lowest BCUT2D eigenvalue weighted by atomic mass is 10.2.